The van der Waals surface area contributed by atoms with Gasteiger partial charge in [0.25, 0.3) is 0 Å². The zero-order valence-corrected chi connectivity index (χ0v) is 17.1. The van der Waals surface area contributed by atoms with Crippen LogP contribution in [0, 0.1) is 5.82 Å². The Labute approximate surface area is 172 Å². The number of nitrogen functional groups attached to an aromatic ring is 1. The minimum Gasteiger partial charge on any atom is -0.508 e. The number of benzene rings is 2. The molecule has 0 saturated heterocycles. The van der Waals surface area contributed by atoms with Crippen molar-refractivity contribution in [3.63, 3.8) is 0 Å². The molecule has 29 heavy (non-hydrogen) atoms. The Bertz CT molecular complexity index is 778. The van der Waals surface area contributed by atoms with Crippen LogP contribution in [0.25, 0.3) is 0 Å². The van der Waals surface area contributed by atoms with Crippen LogP contribution in [0.3, 0.4) is 0 Å². The number of aromatic hydroxyl groups is 1. The van der Waals surface area contributed by atoms with Crippen LogP contribution < -0.4 is 16.4 Å². The van der Waals surface area contributed by atoms with Gasteiger partial charge in [-0.15, -0.1) is 0 Å². The van der Waals surface area contributed by atoms with Gasteiger partial charge in [-0.2, -0.15) is 0 Å². The summed E-state index contributed by atoms with van der Waals surface area (Å²) in [6.07, 6.45) is 8.38. The third-order valence-corrected chi connectivity index (χ3v) is 4.88. The number of amides is 1. The molecule has 0 aliphatic heterocycles. The first-order chi connectivity index (χ1) is 14.0. The van der Waals surface area contributed by atoms with Crippen LogP contribution in [0.1, 0.15) is 63.9 Å². The first kappa shape index (κ1) is 22.5. The Balaban J connectivity index is 1.80. The average Bonchev–Trinajstić information content (AvgIpc) is 2.71. The fourth-order valence-corrected chi connectivity index (χ4v) is 3.10. The minimum absolute atomic E-state index is 0.0754. The van der Waals surface area contributed by atoms with E-state index >= 15 is 0 Å². The highest BCUT2D eigenvalue weighted by Crippen LogP contribution is 2.28. The summed E-state index contributed by atoms with van der Waals surface area (Å²) >= 11 is 0. The van der Waals surface area contributed by atoms with Crippen LogP contribution in [0.5, 0.6) is 5.75 Å². The van der Waals surface area contributed by atoms with Crippen molar-refractivity contribution in [2.24, 2.45) is 0 Å². The van der Waals surface area contributed by atoms with Gasteiger partial charge in [-0.05, 0) is 36.2 Å². The topological polar surface area (TPSA) is 87.4 Å². The second-order valence-electron chi connectivity index (χ2n) is 7.33. The quantitative estimate of drug-likeness (QED) is 0.267. The maximum absolute atomic E-state index is 14.6. The van der Waals surface area contributed by atoms with Gasteiger partial charge in [0.2, 0.25) is 5.91 Å². The number of nitrogens with one attached hydrogen (secondary N) is 2. The molecule has 158 valence electrons. The molecular weight excluding hydrogens is 369 g/mol. The number of carbonyl (C=O) groups excluding carboxylic acids is 1. The number of nitrogens with two attached hydrogens (primary N) is 1. The molecule has 0 heterocycles. The third-order valence-electron chi connectivity index (χ3n) is 4.88. The van der Waals surface area contributed by atoms with E-state index in [1.807, 2.05) is 0 Å². The van der Waals surface area contributed by atoms with E-state index in [0.29, 0.717) is 18.7 Å². The number of phenols is 1. The van der Waals surface area contributed by atoms with Crippen molar-refractivity contribution in [1.29, 1.82) is 0 Å². The SMILES string of the molecule is CCCCCCCCCC(=O)Nc1ccc(NCc2ccc(O)cc2)c(F)c1N. The number of phenolic OH excluding ortho intramolecular Hbond substituents is 1. The van der Waals surface area contributed by atoms with Gasteiger partial charge in [-0.25, -0.2) is 4.39 Å². The van der Waals surface area contributed by atoms with E-state index in [1.165, 1.54) is 25.7 Å². The summed E-state index contributed by atoms with van der Waals surface area (Å²) in [5.74, 6) is -0.548. The first-order valence-corrected chi connectivity index (χ1v) is 10.4. The number of carbonyl (C=O) groups is 1. The highest BCUT2D eigenvalue weighted by Gasteiger charge is 2.13. The highest BCUT2D eigenvalue weighted by molar-refractivity contribution is 5.94. The molecule has 0 spiro atoms. The second kappa shape index (κ2) is 11.9. The lowest BCUT2D eigenvalue weighted by molar-refractivity contribution is -0.116. The summed E-state index contributed by atoms with van der Waals surface area (Å²) < 4.78 is 14.6. The molecule has 0 radical (unpaired) electrons. The van der Waals surface area contributed by atoms with Crippen LogP contribution in [0.2, 0.25) is 0 Å². The highest BCUT2D eigenvalue weighted by atomic mass is 19.1. The molecule has 2 rings (SSSR count). The second-order valence-corrected chi connectivity index (χ2v) is 7.33. The van der Waals surface area contributed by atoms with E-state index in [-0.39, 0.29) is 23.0 Å². The molecule has 2 aromatic rings. The number of hydrogen-bond acceptors (Lipinski definition) is 4. The lowest BCUT2D eigenvalue weighted by atomic mass is 10.1. The molecule has 0 aromatic heterocycles. The van der Waals surface area contributed by atoms with Gasteiger partial charge in [-0.1, -0.05) is 57.6 Å². The zero-order valence-electron chi connectivity index (χ0n) is 17.1. The van der Waals surface area contributed by atoms with Crippen molar-refractivity contribution in [1.82, 2.24) is 0 Å². The van der Waals surface area contributed by atoms with Gasteiger partial charge in [0, 0.05) is 13.0 Å². The Morgan fingerprint density at radius 2 is 1.59 bits per heavy atom. The molecule has 2 aromatic carbocycles. The summed E-state index contributed by atoms with van der Waals surface area (Å²) in [5, 5.41) is 15.0. The number of halogens is 1. The Hall–Kier alpha value is -2.76. The Morgan fingerprint density at radius 3 is 2.28 bits per heavy atom. The van der Waals surface area contributed by atoms with Crippen molar-refractivity contribution >= 4 is 23.0 Å². The summed E-state index contributed by atoms with van der Waals surface area (Å²) in [5.41, 5.74) is 7.26. The maximum atomic E-state index is 14.6. The molecule has 0 aliphatic rings. The minimum atomic E-state index is -0.586. The zero-order chi connectivity index (χ0) is 21.1. The fourth-order valence-electron chi connectivity index (χ4n) is 3.10. The van der Waals surface area contributed by atoms with Crippen molar-refractivity contribution in [3.05, 3.63) is 47.8 Å². The molecule has 0 saturated carbocycles. The van der Waals surface area contributed by atoms with Crippen LogP contribution in [0.15, 0.2) is 36.4 Å². The standard InChI is InChI=1S/C23H32FN3O2/c1-2-3-4-5-6-7-8-9-21(29)27-20-15-14-19(22(24)23(20)25)26-16-17-10-12-18(28)13-11-17/h10-15,26,28H,2-9,16,25H2,1H3,(H,27,29). The van der Waals surface area contributed by atoms with Crippen molar-refractivity contribution < 1.29 is 14.3 Å². The third kappa shape index (κ3) is 7.64. The number of unbranched alkanes of at least 4 members (excludes halogenated alkanes) is 6. The number of hydrogen-bond donors (Lipinski definition) is 4. The summed E-state index contributed by atoms with van der Waals surface area (Å²) in [7, 11) is 0. The lowest BCUT2D eigenvalue weighted by Gasteiger charge is -2.13. The predicted octanol–water partition coefficient (Wildman–Crippen LogP) is 5.80. The van der Waals surface area contributed by atoms with Crippen molar-refractivity contribution in [3.8, 4) is 5.75 Å². The molecule has 0 atom stereocenters. The predicted molar refractivity (Wildman–Crippen MR) is 117 cm³/mol. The van der Waals surface area contributed by atoms with Crippen LogP contribution in [0.4, 0.5) is 21.5 Å². The van der Waals surface area contributed by atoms with Gasteiger partial charge >= 0.3 is 0 Å². The van der Waals surface area contributed by atoms with E-state index in [4.69, 9.17) is 5.73 Å². The van der Waals surface area contributed by atoms with Gasteiger partial charge in [0.05, 0.1) is 17.1 Å². The van der Waals surface area contributed by atoms with Gasteiger partial charge < -0.3 is 21.5 Å². The normalized spacial score (nSPS) is 10.7. The van der Waals surface area contributed by atoms with Crippen LogP contribution >= 0.6 is 0 Å². The maximum Gasteiger partial charge on any atom is 0.224 e. The molecule has 0 unspecified atom stereocenters. The fraction of sp³-hybridized carbons (Fsp3) is 0.435. The molecule has 0 fully saturated rings. The van der Waals surface area contributed by atoms with E-state index in [0.717, 1.165) is 24.8 Å². The van der Waals surface area contributed by atoms with Crippen molar-refractivity contribution in [2.45, 2.75) is 64.8 Å². The number of anilines is 3. The summed E-state index contributed by atoms with van der Waals surface area (Å²) in [6, 6.07) is 9.83. The Morgan fingerprint density at radius 1 is 0.966 bits per heavy atom. The van der Waals surface area contributed by atoms with Gasteiger partial charge in [0.15, 0.2) is 5.82 Å². The summed E-state index contributed by atoms with van der Waals surface area (Å²) in [4.78, 5) is 12.1. The summed E-state index contributed by atoms with van der Waals surface area (Å²) in [6.45, 7) is 2.58. The monoisotopic (exact) mass is 401 g/mol. The number of rotatable bonds is 12. The van der Waals surface area contributed by atoms with E-state index in [9.17, 15) is 14.3 Å². The largest absolute Gasteiger partial charge is 0.508 e. The molecule has 0 bridgehead atoms. The van der Waals surface area contributed by atoms with Gasteiger partial charge in [0.1, 0.15) is 5.75 Å². The van der Waals surface area contributed by atoms with E-state index < -0.39 is 5.82 Å². The molecule has 5 N–H and O–H groups in total. The molecule has 1 amide bonds. The van der Waals surface area contributed by atoms with E-state index in [1.54, 1.807) is 36.4 Å². The molecule has 5 nitrogen and oxygen atoms in total. The van der Waals surface area contributed by atoms with Crippen LogP contribution in [-0.2, 0) is 11.3 Å². The molecule has 6 heteroatoms. The smallest absolute Gasteiger partial charge is 0.224 e. The van der Waals surface area contributed by atoms with Crippen LogP contribution in [-0.4, -0.2) is 11.0 Å². The molecule has 0 aliphatic carbocycles. The van der Waals surface area contributed by atoms with Crippen molar-refractivity contribution in [2.75, 3.05) is 16.4 Å². The van der Waals surface area contributed by atoms with E-state index in [2.05, 4.69) is 17.6 Å². The average molecular weight is 402 g/mol. The van der Waals surface area contributed by atoms with Gasteiger partial charge in [-0.3, -0.25) is 4.79 Å². The lowest BCUT2D eigenvalue weighted by Crippen LogP contribution is -2.14. The first-order valence-electron chi connectivity index (χ1n) is 10.4. The Kier molecular flexibility index (Phi) is 9.28. The molecular formula is C23H32FN3O2.